The van der Waals surface area contributed by atoms with Crippen LogP contribution in [0.2, 0.25) is 0 Å². The SMILES string of the molecule is CCNc1nc(-c2ncn[nH]2)nc(C)c1C(C)C. The number of nitrogens with zero attached hydrogens (tertiary/aromatic N) is 4. The Hall–Kier alpha value is -1.98. The topological polar surface area (TPSA) is 79.4 Å². The van der Waals surface area contributed by atoms with E-state index in [2.05, 4.69) is 51.2 Å². The molecule has 0 radical (unpaired) electrons. The molecule has 2 heterocycles. The number of aromatic nitrogens is 5. The minimum Gasteiger partial charge on any atom is -0.370 e. The number of hydrogen-bond donors (Lipinski definition) is 2. The Morgan fingerprint density at radius 3 is 2.67 bits per heavy atom. The van der Waals surface area contributed by atoms with Crippen molar-refractivity contribution in [2.75, 3.05) is 11.9 Å². The van der Waals surface area contributed by atoms with Crippen LogP contribution in [0, 0.1) is 6.92 Å². The summed E-state index contributed by atoms with van der Waals surface area (Å²) in [6, 6.07) is 0. The molecule has 6 heteroatoms. The van der Waals surface area contributed by atoms with Crippen LogP contribution in [0.4, 0.5) is 5.82 Å². The normalized spacial score (nSPS) is 10.9. The molecule has 0 saturated heterocycles. The van der Waals surface area contributed by atoms with Crippen LogP contribution in [0.15, 0.2) is 6.33 Å². The lowest BCUT2D eigenvalue weighted by atomic mass is 10.0. The van der Waals surface area contributed by atoms with Crippen molar-refractivity contribution in [3.63, 3.8) is 0 Å². The minimum absolute atomic E-state index is 0.378. The van der Waals surface area contributed by atoms with Gasteiger partial charge in [0.15, 0.2) is 11.6 Å². The smallest absolute Gasteiger partial charge is 0.199 e. The van der Waals surface area contributed by atoms with Crippen LogP contribution in [0.5, 0.6) is 0 Å². The molecule has 6 nitrogen and oxygen atoms in total. The number of aromatic amines is 1. The third kappa shape index (κ3) is 2.32. The van der Waals surface area contributed by atoms with Gasteiger partial charge < -0.3 is 5.32 Å². The first kappa shape index (κ1) is 12.5. The van der Waals surface area contributed by atoms with E-state index in [0.29, 0.717) is 17.6 Å². The van der Waals surface area contributed by atoms with Crippen molar-refractivity contribution in [3.05, 3.63) is 17.6 Å². The van der Waals surface area contributed by atoms with E-state index in [1.807, 2.05) is 6.92 Å². The Morgan fingerprint density at radius 1 is 1.33 bits per heavy atom. The molecule has 0 amide bonds. The van der Waals surface area contributed by atoms with Gasteiger partial charge in [0.25, 0.3) is 0 Å². The first-order chi connectivity index (χ1) is 8.63. The molecule has 18 heavy (non-hydrogen) atoms. The van der Waals surface area contributed by atoms with Gasteiger partial charge in [-0.05, 0) is 19.8 Å². The van der Waals surface area contributed by atoms with Crippen LogP contribution in [0.25, 0.3) is 11.6 Å². The number of rotatable bonds is 4. The Bertz CT molecular complexity index is 518. The third-order valence-electron chi connectivity index (χ3n) is 2.68. The highest BCUT2D eigenvalue weighted by atomic mass is 15.2. The number of aryl methyl sites for hydroxylation is 1. The molecule has 2 aromatic rings. The van der Waals surface area contributed by atoms with Crippen LogP contribution in [0.3, 0.4) is 0 Å². The number of nitrogens with one attached hydrogen (secondary N) is 2. The van der Waals surface area contributed by atoms with E-state index in [0.717, 1.165) is 23.6 Å². The van der Waals surface area contributed by atoms with E-state index in [1.54, 1.807) is 0 Å². The standard InChI is InChI=1S/C12H18N6/c1-5-13-10-9(7(2)3)8(4)16-12(17-10)11-14-6-15-18-11/h6-7H,5H2,1-4H3,(H,13,16,17)(H,14,15,18). The lowest BCUT2D eigenvalue weighted by Gasteiger charge is -2.15. The number of hydrogen-bond acceptors (Lipinski definition) is 5. The van der Waals surface area contributed by atoms with Crippen LogP contribution < -0.4 is 5.32 Å². The van der Waals surface area contributed by atoms with Gasteiger partial charge >= 0.3 is 0 Å². The number of H-pyrrole nitrogens is 1. The molecule has 0 fully saturated rings. The fourth-order valence-corrected chi connectivity index (χ4v) is 1.99. The average Bonchev–Trinajstić information content (AvgIpc) is 2.81. The van der Waals surface area contributed by atoms with Crippen molar-refractivity contribution < 1.29 is 0 Å². The maximum atomic E-state index is 4.53. The quantitative estimate of drug-likeness (QED) is 0.863. The van der Waals surface area contributed by atoms with Crippen LogP contribution in [-0.2, 0) is 0 Å². The highest BCUT2D eigenvalue weighted by Gasteiger charge is 2.16. The van der Waals surface area contributed by atoms with Gasteiger partial charge in [-0.25, -0.2) is 15.0 Å². The Morgan fingerprint density at radius 2 is 2.11 bits per heavy atom. The van der Waals surface area contributed by atoms with E-state index in [-0.39, 0.29) is 0 Å². The monoisotopic (exact) mass is 246 g/mol. The molecule has 0 atom stereocenters. The van der Waals surface area contributed by atoms with Gasteiger partial charge in [0.2, 0.25) is 0 Å². The molecule has 2 N–H and O–H groups in total. The number of anilines is 1. The summed E-state index contributed by atoms with van der Waals surface area (Å²) < 4.78 is 0. The minimum atomic E-state index is 0.378. The third-order valence-corrected chi connectivity index (χ3v) is 2.68. The van der Waals surface area contributed by atoms with Gasteiger partial charge in [-0.1, -0.05) is 13.8 Å². The maximum Gasteiger partial charge on any atom is 0.199 e. The largest absolute Gasteiger partial charge is 0.370 e. The second-order valence-corrected chi connectivity index (χ2v) is 4.41. The summed E-state index contributed by atoms with van der Waals surface area (Å²) >= 11 is 0. The Kier molecular flexibility index (Phi) is 3.55. The first-order valence-electron chi connectivity index (χ1n) is 6.11. The molecule has 0 aliphatic carbocycles. The fraction of sp³-hybridized carbons (Fsp3) is 0.500. The maximum absolute atomic E-state index is 4.53. The summed E-state index contributed by atoms with van der Waals surface area (Å²) in [4.78, 5) is 13.1. The predicted octanol–water partition coefficient (Wildman–Crippen LogP) is 2.13. The molecule has 2 aromatic heterocycles. The summed E-state index contributed by atoms with van der Waals surface area (Å²) in [6.45, 7) is 9.15. The molecule has 2 rings (SSSR count). The molecular weight excluding hydrogens is 228 g/mol. The molecule has 0 aliphatic rings. The van der Waals surface area contributed by atoms with Gasteiger partial charge in [0.1, 0.15) is 12.1 Å². The van der Waals surface area contributed by atoms with Gasteiger partial charge in [-0.2, -0.15) is 5.10 Å². The molecule has 0 spiro atoms. The summed E-state index contributed by atoms with van der Waals surface area (Å²) in [6.07, 6.45) is 1.46. The van der Waals surface area contributed by atoms with Gasteiger partial charge in [-0.15, -0.1) is 0 Å². The Labute approximate surface area is 106 Å². The van der Waals surface area contributed by atoms with Gasteiger partial charge in [-0.3, -0.25) is 5.10 Å². The zero-order chi connectivity index (χ0) is 13.1. The van der Waals surface area contributed by atoms with E-state index in [4.69, 9.17) is 0 Å². The van der Waals surface area contributed by atoms with Crippen LogP contribution >= 0.6 is 0 Å². The lowest BCUT2D eigenvalue weighted by molar-refractivity contribution is 0.829. The molecule has 0 unspecified atom stereocenters. The highest BCUT2D eigenvalue weighted by Crippen LogP contribution is 2.26. The zero-order valence-electron chi connectivity index (χ0n) is 11.2. The summed E-state index contributed by atoms with van der Waals surface area (Å²) in [7, 11) is 0. The molecule has 0 aliphatic heterocycles. The average molecular weight is 246 g/mol. The molecule has 0 saturated carbocycles. The summed E-state index contributed by atoms with van der Waals surface area (Å²) in [5, 5.41) is 9.90. The Balaban J connectivity index is 2.53. The summed E-state index contributed by atoms with van der Waals surface area (Å²) in [5.74, 6) is 2.42. The van der Waals surface area contributed by atoms with E-state index < -0.39 is 0 Å². The molecule has 96 valence electrons. The first-order valence-corrected chi connectivity index (χ1v) is 6.11. The van der Waals surface area contributed by atoms with Crippen molar-refractivity contribution in [2.45, 2.75) is 33.6 Å². The van der Waals surface area contributed by atoms with Crippen molar-refractivity contribution in [2.24, 2.45) is 0 Å². The zero-order valence-corrected chi connectivity index (χ0v) is 11.2. The second kappa shape index (κ2) is 5.12. The molecule has 0 aromatic carbocycles. The van der Waals surface area contributed by atoms with Crippen molar-refractivity contribution in [1.29, 1.82) is 0 Å². The van der Waals surface area contributed by atoms with Crippen LogP contribution in [-0.4, -0.2) is 31.7 Å². The predicted molar refractivity (Wildman–Crippen MR) is 70.4 cm³/mol. The van der Waals surface area contributed by atoms with E-state index in [1.165, 1.54) is 6.33 Å². The molecular formula is C12H18N6. The van der Waals surface area contributed by atoms with Gasteiger partial charge in [0, 0.05) is 17.8 Å². The van der Waals surface area contributed by atoms with E-state index in [9.17, 15) is 0 Å². The van der Waals surface area contributed by atoms with E-state index >= 15 is 0 Å². The van der Waals surface area contributed by atoms with Crippen molar-refractivity contribution >= 4 is 5.82 Å². The van der Waals surface area contributed by atoms with Crippen LogP contribution in [0.1, 0.15) is 37.9 Å². The molecule has 0 bridgehead atoms. The highest BCUT2D eigenvalue weighted by molar-refractivity contribution is 5.54. The van der Waals surface area contributed by atoms with Crippen molar-refractivity contribution in [3.8, 4) is 11.6 Å². The van der Waals surface area contributed by atoms with Gasteiger partial charge in [0.05, 0.1) is 0 Å². The lowest BCUT2D eigenvalue weighted by Crippen LogP contribution is -2.09. The summed E-state index contributed by atoms with van der Waals surface area (Å²) in [5.41, 5.74) is 2.13. The second-order valence-electron chi connectivity index (χ2n) is 4.41. The fourth-order valence-electron chi connectivity index (χ4n) is 1.99. The van der Waals surface area contributed by atoms with Crippen molar-refractivity contribution in [1.82, 2.24) is 25.1 Å².